The van der Waals surface area contributed by atoms with Gasteiger partial charge >= 0.3 is 18.0 Å². The van der Waals surface area contributed by atoms with Gasteiger partial charge in [0, 0.05) is 5.54 Å². The number of carbonyl (C=O) groups is 3. The van der Waals surface area contributed by atoms with Gasteiger partial charge < -0.3 is 25.2 Å². The molecule has 30 heavy (non-hydrogen) atoms. The number of rotatable bonds is 11. The highest BCUT2D eigenvalue weighted by atomic mass is 16.6. The molecule has 1 rings (SSSR count). The van der Waals surface area contributed by atoms with E-state index in [1.54, 1.807) is 20.8 Å². The topological polar surface area (TPSA) is 114 Å². The number of hydrogen-bond acceptors (Lipinski definition) is 6. The molecule has 0 saturated carbocycles. The van der Waals surface area contributed by atoms with Crippen LogP contribution in [0.4, 0.5) is 4.79 Å². The van der Waals surface area contributed by atoms with Crippen molar-refractivity contribution < 1.29 is 29.0 Å². The summed E-state index contributed by atoms with van der Waals surface area (Å²) in [5, 5.41) is 14.9. The number of nitrogens with one attached hydrogen (secondary N) is 2. The van der Waals surface area contributed by atoms with E-state index in [1.807, 2.05) is 44.2 Å². The molecule has 0 unspecified atom stereocenters. The normalized spacial score (nSPS) is 12.7. The third kappa shape index (κ3) is 11.4. The van der Waals surface area contributed by atoms with Gasteiger partial charge in [0.2, 0.25) is 0 Å². The van der Waals surface area contributed by atoms with E-state index in [-0.39, 0.29) is 25.5 Å². The lowest BCUT2D eigenvalue weighted by atomic mass is 9.95. The molecular formula is C22H34N2O6. The summed E-state index contributed by atoms with van der Waals surface area (Å²) in [5.41, 5.74) is -0.121. The van der Waals surface area contributed by atoms with Crippen molar-refractivity contribution in [1.29, 1.82) is 0 Å². The molecule has 1 aromatic rings. The van der Waals surface area contributed by atoms with Gasteiger partial charge in [-0.15, -0.1) is 0 Å². The fourth-order valence-electron chi connectivity index (χ4n) is 2.69. The van der Waals surface area contributed by atoms with Crippen molar-refractivity contribution in [1.82, 2.24) is 10.6 Å². The lowest BCUT2D eigenvalue weighted by molar-refractivity contribution is -0.154. The molecule has 0 aliphatic carbocycles. The molecule has 3 N–H and O–H groups in total. The van der Waals surface area contributed by atoms with Crippen molar-refractivity contribution in [3.63, 3.8) is 0 Å². The summed E-state index contributed by atoms with van der Waals surface area (Å²) in [4.78, 5) is 35.2. The number of carboxylic acid groups (broad SMARTS) is 1. The number of ether oxygens (including phenoxy) is 2. The molecule has 0 bridgehead atoms. The van der Waals surface area contributed by atoms with Crippen molar-refractivity contribution in [2.75, 3.05) is 6.54 Å². The fraction of sp³-hybridized carbons (Fsp3) is 0.591. The van der Waals surface area contributed by atoms with Crippen LogP contribution in [0.25, 0.3) is 0 Å². The van der Waals surface area contributed by atoms with Crippen LogP contribution in [0.15, 0.2) is 30.3 Å². The van der Waals surface area contributed by atoms with Gasteiger partial charge in [0.25, 0.3) is 0 Å². The number of carboxylic acids is 1. The molecule has 0 aliphatic rings. The van der Waals surface area contributed by atoms with Crippen LogP contribution in [-0.2, 0) is 25.7 Å². The summed E-state index contributed by atoms with van der Waals surface area (Å²) < 4.78 is 10.3. The van der Waals surface area contributed by atoms with E-state index in [4.69, 9.17) is 9.47 Å². The second-order valence-corrected chi connectivity index (χ2v) is 8.81. The molecule has 0 heterocycles. The molecule has 0 radical (unpaired) electrons. The minimum absolute atomic E-state index is 0.0662. The van der Waals surface area contributed by atoms with Crippen molar-refractivity contribution >= 4 is 18.0 Å². The van der Waals surface area contributed by atoms with Gasteiger partial charge in [0.1, 0.15) is 18.2 Å². The van der Waals surface area contributed by atoms with Gasteiger partial charge in [-0.05, 0) is 59.4 Å². The Bertz CT molecular complexity index is 697. The number of alkyl carbamates (subject to hydrolysis) is 1. The van der Waals surface area contributed by atoms with E-state index in [0.717, 1.165) is 5.56 Å². The van der Waals surface area contributed by atoms with Crippen LogP contribution in [0, 0.1) is 0 Å². The summed E-state index contributed by atoms with van der Waals surface area (Å²) in [5.74, 6) is -1.46. The van der Waals surface area contributed by atoms with Gasteiger partial charge in [0.05, 0.1) is 6.54 Å². The van der Waals surface area contributed by atoms with Crippen LogP contribution in [-0.4, -0.2) is 46.9 Å². The molecule has 168 valence electrons. The second kappa shape index (κ2) is 11.5. The summed E-state index contributed by atoms with van der Waals surface area (Å²) in [7, 11) is 0. The van der Waals surface area contributed by atoms with Crippen molar-refractivity contribution in [2.45, 2.75) is 77.7 Å². The Kier molecular flexibility index (Phi) is 9.78. The number of esters is 1. The minimum atomic E-state index is -1.12. The standard InChI is InChI=1S/C22H34N2O6/c1-21(2,3)30-18(25)14-23-22(4,5)13-9-12-17(19(26)27)24-20(28)29-15-16-10-7-6-8-11-16/h6-8,10-11,17,23H,9,12-15H2,1-5H3,(H,24,28)(H,26,27)/t17-/m0/s1. The van der Waals surface area contributed by atoms with Gasteiger partial charge in [-0.2, -0.15) is 0 Å². The Morgan fingerprint density at radius 2 is 1.70 bits per heavy atom. The highest BCUT2D eigenvalue weighted by molar-refractivity contribution is 5.79. The van der Waals surface area contributed by atoms with Gasteiger partial charge in [0.15, 0.2) is 0 Å². The second-order valence-electron chi connectivity index (χ2n) is 8.81. The Labute approximate surface area is 178 Å². The number of benzene rings is 1. The number of aliphatic carboxylic acids is 1. The van der Waals surface area contributed by atoms with Gasteiger partial charge in [-0.1, -0.05) is 30.3 Å². The van der Waals surface area contributed by atoms with Gasteiger partial charge in [-0.3, -0.25) is 4.79 Å². The first-order valence-corrected chi connectivity index (χ1v) is 10.0. The largest absolute Gasteiger partial charge is 0.480 e. The molecule has 0 spiro atoms. The maximum Gasteiger partial charge on any atom is 0.408 e. The first-order valence-electron chi connectivity index (χ1n) is 10.0. The smallest absolute Gasteiger partial charge is 0.408 e. The van der Waals surface area contributed by atoms with E-state index in [9.17, 15) is 19.5 Å². The Hall–Kier alpha value is -2.61. The van der Waals surface area contributed by atoms with Crippen LogP contribution >= 0.6 is 0 Å². The average Bonchev–Trinajstić information content (AvgIpc) is 2.63. The van der Waals surface area contributed by atoms with E-state index in [1.165, 1.54) is 0 Å². The molecule has 0 fully saturated rings. The predicted octanol–water partition coefficient (Wildman–Crippen LogP) is 3.25. The molecule has 0 aromatic heterocycles. The first-order chi connectivity index (χ1) is 13.9. The van der Waals surface area contributed by atoms with Crippen molar-refractivity contribution in [3.8, 4) is 0 Å². The molecule has 0 aliphatic heterocycles. The van der Waals surface area contributed by atoms with Crippen LogP contribution in [0.1, 0.15) is 59.4 Å². The number of carbonyl (C=O) groups excluding carboxylic acids is 2. The molecular weight excluding hydrogens is 388 g/mol. The maximum atomic E-state index is 11.9. The monoisotopic (exact) mass is 422 g/mol. The summed E-state index contributed by atoms with van der Waals surface area (Å²) in [6, 6.07) is 8.09. The highest BCUT2D eigenvalue weighted by Crippen LogP contribution is 2.15. The predicted molar refractivity (Wildman–Crippen MR) is 113 cm³/mol. The lowest BCUT2D eigenvalue weighted by Gasteiger charge is -2.28. The van der Waals surface area contributed by atoms with Crippen LogP contribution < -0.4 is 10.6 Å². The highest BCUT2D eigenvalue weighted by Gasteiger charge is 2.24. The van der Waals surface area contributed by atoms with E-state index < -0.39 is 29.2 Å². The van der Waals surface area contributed by atoms with E-state index in [0.29, 0.717) is 12.8 Å². The zero-order valence-electron chi connectivity index (χ0n) is 18.5. The van der Waals surface area contributed by atoms with Crippen molar-refractivity contribution in [3.05, 3.63) is 35.9 Å². The van der Waals surface area contributed by atoms with Crippen LogP contribution in [0.5, 0.6) is 0 Å². The molecule has 0 saturated heterocycles. The number of hydrogen-bond donors (Lipinski definition) is 3. The molecule has 1 aromatic carbocycles. The van der Waals surface area contributed by atoms with Crippen LogP contribution in [0.3, 0.4) is 0 Å². The minimum Gasteiger partial charge on any atom is -0.480 e. The van der Waals surface area contributed by atoms with Crippen molar-refractivity contribution in [2.24, 2.45) is 0 Å². The average molecular weight is 423 g/mol. The molecule has 1 amide bonds. The number of amides is 1. The Morgan fingerprint density at radius 1 is 1.07 bits per heavy atom. The van der Waals surface area contributed by atoms with E-state index >= 15 is 0 Å². The zero-order chi connectivity index (χ0) is 22.8. The molecule has 8 nitrogen and oxygen atoms in total. The summed E-state index contributed by atoms with van der Waals surface area (Å²) in [6.07, 6.45) is 0.617. The maximum absolute atomic E-state index is 11.9. The fourth-order valence-corrected chi connectivity index (χ4v) is 2.69. The zero-order valence-corrected chi connectivity index (χ0v) is 18.5. The quantitative estimate of drug-likeness (QED) is 0.469. The Morgan fingerprint density at radius 3 is 2.27 bits per heavy atom. The Balaban J connectivity index is 2.39. The van der Waals surface area contributed by atoms with E-state index in [2.05, 4.69) is 10.6 Å². The summed E-state index contributed by atoms with van der Waals surface area (Å²) in [6.45, 7) is 9.40. The molecule has 8 heteroatoms. The summed E-state index contributed by atoms with van der Waals surface area (Å²) >= 11 is 0. The van der Waals surface area contributed by atoms with Gasteiger partial charge in [-0.25, -0.2) is 9.59 Å². The third-order valence-corrected chi connectivity index (χ3v) is 4.23. The lowest BCUT2D eigenvalue weighted by Crippen LogP contribution is -2.44. The third-order valence-electron chi connectivity index (χ3n) is 4.23. The first kappa shape index (κ1) is 25.4. The SMILES string of the molecule is CC(C)(CCC[C@H](NC(=O)OCc1ccccc1)C(=O)O)NCC(=O)OC(C)(C)C. The molecule has 1 atom stereocenters. The van der Waals surface area contributed by atoms with Crippen LogP contribution in [0.2, 0.25) is 0 Å².